The zero-order chi connectivity index (χ0) is 29.1. The van der Waals surface area contributed by atoms with E-state index in [-0.39, 0.29) is 12.1 Å². The highest BCUT2D eigenvalue weighted by atomic mass is 16.6. The number of carbonyl (C=O) groups excluding carboxylic acids is 1. The third-order valence-electron chi connectivity index (χ3n) is 7.78. The van der Waals surface area contributed by atoms with Gasteiger partial charge in [-0.2, -0.15) is 0 Å². The van der Waals surface area contributed by atoms with Gasteiger partial charge in [0.2, 0.25) is 0 Å². The van der Waals surface area contributed by atoms with E-state index in [2.05, 4.69) is 32.1 Å². The van der Waals surface area contributed by atoms with Crippen molar-refractivity contribution in [3.63, 3.8) is 0 Å². The standard InChI is InChI=1S/C32H56O6/c1-23(2)13-12-21-31(8,36)29(37-26(5)33)19-17-25(4)15-11-10-14-24(3)16-18-27(34)32(9)22-20-28(38-32)30(6,7)35/h13-15,27-29,34-36H,10-12,16-22H2,1-9H3. The van der Waals surface area contributed by atoms with Crippen LogP contribution in [0, 0.1) is 0 Å². The lowest BCUT2D eigenvalue weighted by atomic mass is 9.89. The number of hydrogen-bond donors (Lipinski definition) is 3. The molecule has 1 heterocycles. The number of rotatable bonds is 16. The van der Waals surface area contributed by atoms with E-state index in [0.29, 0.717) is 19.3 Å². The molecule has 38 heavy (non-hydrogen) atoms. The quantitative estimate of drug-likeness (QED) is 0.115. The molecular formula is C32H56O6. The number of esters is 1. The Labute approximate surface area is 232 Å². The molecule has 1 aliphatic rings. The second kappa shape index (κ2) is 15.4. The van der Waals surface area contributed by atoms with Crippen LogP contribution in [0.5, 0.6) is 0 Å². The Morgan fingerprint density at radius 3 is 2.00 bits per heavy atom. The van der Waals surface area contributed by atoms with Crippen LogP contribution in [0.25, 0.3) is 0 Å². The number of unbranched alkanes of at least 4 members (excludes halogenated alkanes) is 1. The van der Waals surface area contributed by atoms with Gasteiger partial charge in [0.05, 0.1) is 29.0 Å². The van der Waals surface area contributed by atoms with Crippen molar-refractivity contribution in [1.29, 1.82) is 0 Å². The van der Waals surface area contributed by atoms with Crippen molar-refractivity contribution < 1.29 is 29.6 Å². The minimum absolute atomic E-state index is 0.244. The number of carbonyl (C=O) groups is 1. The third-order valence-corrected chi connectivity index (χ3v) is 7.78. The fraction of sp³-hybridized carbons (Fsp3) is 0.781. The molecule has 1 fully saturated rings. The first-order valence-corrected chi connectivity index (χ1v) is 14.4. The number of allylic oxidation sites excluding steroid dienone is 6. The SMILES string of the molecule is CC(=O)OC(CCC(C)=CCCC=C(C)CCC(O)C1(C)CCC(C(C)(C)O)O1)C(C)(O)CCC=C(C)C. The molecule has 6 heteroatoms. The molecular weight excluding hydrogens is 480 g/mol. The molecule has 1 rings (SSSR count). The molecule has 1 saturated heterocycles. The lowest BCUT2D eigenvalue weighted by Crippen LogP contribution is -2.43. The second-order valence-electron chi connectivity index (χ2n) is 12.7. The van der Waals surface area contributed by atoms with Crippen LogP contribution in [0.3, 0.4) is 0 Å². The average molecular weight is 537 g/mol. The summed E-state index contributed by atoms with van der Waals surface area (Å²) in [6.07, 6.45) is 12.6. The first kappa shape index (κ1) is 34.6. The highest BCUT2D eigenvalue weighted by molar-refractivity contribution is 5.66. The van der Waals surface area contributed by atoms with E-state index in [0.717, 1.165) is 44.9 Å². The molecule has 0 saturated carbocycles. The van der Waals surface area contributed by atoms with Crippen LogP contribution in [0.1, 0.15) is 127 Å². The maximum Gasteiger partial charge on any atom is 0.303 e. The summed E-state index contributed by atoms with van der Waals surface area (Å²) in [5, 5.41) is 32.0. The predicted molar refractivity (Wildman–Crippen MR) is 155 cm³/mol. The summed E-state index contributed by atoms with van der Waals surface area (Å²) < 4.78 is 11.6. The highest BCUT2D eigenvalue weighted by Gasteiger charge is 2.46. The molecule has 0 spiro atoms. The van der Waals surface area contributed by atoms with E-state index in [1.807, 2.05) is 20.8 Å². The van der Waals surface area contributed by atoms with Gasteiger partial charge in [-0.25, -0.2) is 0 Å². The Balaban J connectivity index is 2.50. The van der Waals surface area contributed by atoms with Gasteiger partial charge >= 0.3 is 5.97 Å². The summed E-state index contributed by atoms with van der Waals surface area (Å²) in [6, 6.07) is 0. The zero-order valence-corrected chi connectivity index (χ0v) is 25.6. The smallest absolute Gasteiger partial charge is 0.303 e. The molecule has 3 N–H and O–H groups in total. The van der Waals surface area contributed by atoms with Crippen molar-refractivity contribution in [2.75, 3.05) is 0 Å². The van der Waals surface area contributed by atoms with E-state index in [1.54, 1.807) is 20.8 Å². The summed E-state index contributed by atoms with van der Waals surface area (Å²) in [5.74, 6) is -0.365. The molecule has 6 nitrogen and oxygen atoms in total. The summed E-state index contributed by atoms with van der Waals surface area (Å²) in [5.41, 5.74) is 1.10. The minimum atomic E-state index is -1.07. The van der Waals surface area contributed by atoms with Crippen molar-refractivity contribution in [2.24, 2.45) is 0 Å². The van der Waals surface area contributed by atoms with Gasteiger partial charge in [-0.3, -0.25) is 4.79 Å². The second-order valence-corrected chi connectivity index (χ2v) is 12.7. The minimum Gasteiger partial charge on any atom is -0.459 e. The van der Waals surface area contributed by atoms with Gasteiger partial charge in [-0.05, 0) is 120 Å². The number of aliphatic hydroxyl groups is 3. The monoisotopic (exact) mass is 536 g/mol. The van der Waals surface area contributed by atoms with Crippen molar-refractivity contribution in [2.45, 2.75) is 162 Å². The van der Waals surface area contributed by atoms with Crippen LogP contribution < -0.4 is 0 Å². The summed E-state index contributed by atoms with van der Waals surface area (Å²) in [6.45, 7) is 16.9. The van der Waals surface area contributed by atoms with E-state index in [1.165, 1.54) is 23.6 Å². The van der Waals surface area contributed by atoms with Crippen molar-refractivity contribution in [3.05, 3.63) is 34.9 Å². The predicted octanol–water partition coefficient (Wildman–Crippen LogP) is 6.72. The number of hydrogen-bond acceptors (Lipinski definition) is 6. The Hall–Kier alpha value is -1.47. The molecule has 220 valence electrons. The van der Waals surface area contributed by atoms with Crippen molar-refractivity contribution in [3.8, 4) is 0 Å². The van der Waals surface area contributed by atoms with Crippen LogP contribution >= 0.6 is 0 Å². The Morgan fingerprint density at radius 2 is 1.53 bits per heavy atom. The van der Waals surface area contributed by atoms with E-state index in [4.69, 9.17) is 9.47 Å². The molecule has 0 radical (unpaired) electrons. The van der Waals surface area contributed by atoms with Crippen LogP contribution in [-0.4, -0.2) is 56.4 Å². The molecule has 0 aromatic rings. The van der Waals surface area contributed by atoms with Gasteiger partial charge in [0.25, 0.3) is 0 Å². The summed E-state index contributed by atoms with van der Waals surface area (Å²) in [4.78, 5) is 11.6. The van der Waals surface area contributed by atoms with Crippen LogP contribution in [0.15, 0.2) is 34.9 Å². The molecule has 0 aromatic heterocycles. The average Bonchev–Trinajstić information content (AvgIpc) is 3.21. The van der Waals surface area contributed by atoms with E-state index >= 15 is 0 Å². The third kappa shape index (κ3) is 12.6. The van der Waals surface area contributed by atoms with Gasteiger partial charge in [-0.1, -0.05) is 34.9 Å². The highest BCUT2D eigenvalue weighted by Crippen LogP contribution is 2.38. The van der Waals surface area contributed by atoms with Gasteiger partial charge in [0.1, 0.15) is 6.10 Å². The fourth-order valence-electron chi connectivity index (χ4n) is 5.01. The maximum atomic E-state index is 11.6. The normalized spacial score (nSPS) is 24.1. The molecule has 0 amide bonds. The van der Waals surface area contributed by atoms with Gasteiger partial charge in [-0.15, -0.1) is 0 Å². The van der Waals surface area contributed by atoms with Crippen molar-refractivity contribution >= 4 is 5.97 Å². The van der Waals surface area contributed by atoms with E-state index in [9.17, 15) is 20.1 Å². The van der Waals surface area contributed by atoms with Gasteiger partial charge < -0.3 is 24.8 Å². The largest absolute Gasteiger partial charge is 0.459 e. The maximum absolute atomic E-state index is 11.6. The van der Waals surface area contributed by atoms with Crippen LogP contribution in [0.2, 0.25) is 0 Å². The van der Waals surface area contributed by atoms with E-state index < -0.39 is 29.0 Å². The Kier molecular flexibility index (Phi) is 14.0. The topological polar surface area (TPSA) is 96.2 Å². The lowest BCUT2D eigenvalue weighted by Gasteiger charge is -2.33. The Bertz CT molecular complexity index is 827. The summed E-state index contributed by atoms with van der Waals surface area (Å²) in [7, 11) is 0. The van der Waals surface area contributed by atoms with Crippen molar-refractivity contribution in [1.82, 2.24) is 0 Å². The van der Waals surface area contributed by atoms with Gasteiger partial charge in [0.15, 0.2) is 0 Å². The van der Waals surface area contributed by atoms with Crippen LogP contribution in [0.4, 0.5) is 0 Å². The van der Waals surface area contributed by atoms with Crippen LogP contribution in [-0.2, 0) is 14.3 Å². The Morgan fingerprint density at radius 1 is 0.974 bits per heavy atom. The first-order valence-electron chi connectivity index (χ1n) is 14.4. The fourth-order valence-corrected chi connectivity index (χ4v) is 5.01. The number of ether oxygens (including phenoxy) is 2. The molecule has 0 aliphatic carbocycles. The molecule has 0 bridgehead atoms. The summed E-state index contributed by atoms with van der Waals surface area (Å²) >= 11 is 0. The zero-order valence-electron chi connectivity index (χ0n) is 25.6. The molecule has 1 aliphatic heterocycles. The van der Waals surface area contributed by atoms with Gasteiger partial charge in [0, 0.05) is 6.92 Å². The molecule has 0 aromatic carbocycles. The molecule has 5 unspecified atom stereocenters. The number of aliphatic hydroxyl groups excluding tert-OH is 1. The molecule has 5 atom stereocenters. The first-order chi connectivity index (χ1) is 17.5. The lowest BCUT2D eigenvalue weighted by molar-refractivity contribution is -0.162.